The molecule has 124 valence electrons. The first-order valence-electron chi connectivity index (χ1n) is 8.56. The highest BCUT2D eigenvalue weighted by Gasteiger charge is 2.20. The summed E-state index contributed by atoms with van der Waals surface area (Å²) in [7, 11) is 0. The second kappa shape index (κ2) is 9.74. The maximum Gasteiger partial charge on any atom is 0.0594 e. The number of rotatable bonds is 8. The van der Waals surface area contributed by atoms with E-state index in [9.17, 15) is 10.2 Å². The second-order valence-corrected chi connectivity index (χ2v) is 6.60. The zero-order valence-electron chi connectivity index (χ0n) is 13.3. The average Bonchev–Trinajstić information content (AvgIpc) is 2.55. The lowest BCUT2D eigenvalue weighted by Gasteiger charge is -2.32. The average molecular weight is 300 g/mol. The van der Waals surface area contributed by atoms with E-state index in [0.29, 0.717) is 25.0 Å². The lowest BCUT2D eigenvalue weighted by atomic mass is 9.99. The highest BCUT2D eigenvalue weighted by molar-refractivity contribution is 4.73. The fourth-order valence-electron chi connectivity index (χ4n) is 3.50. The molecule has 2 saturated heterocycles. The van der Waals surface area contributed by atoms with Crippen LogP contribution in [-0.2, 0) is 4.74 Å². The first-order valence-corrected chi connectivity index (χ1v) is 8.56. The lowest BCUT2D eigenvalue weighted by molar-refractivity contribution is 0.0492. The third-order valence-electron chi connectivity index (χ3n) is 4.83. The Balaban J connectivity index is 1.50. The Bertz CT molecular complexity index is 252. The van der Waals surface area contributed by atoms with E-state index in [4.69, 9.17) is 4.74 Å². The van der Waals surface area contributed by atoms with Gasteiger partial charge >= 0.3 is 0 Å². The predicted molar refractivity (Wildman–Crippen MR) is 83.3 cm³/mol. The third kappa shape index (κ3) is 6.20. The summed E-state index contributed by atoms with van der Waals surface area (Å²) in [5, 5.41) is 18.4. The van der Waals surface area contributed by atoms with Crippen molar-refractivity contribution < 1.29 is 14.9 Å². The Morgan fingerprint density at radius 3 is 1.71 bits per heavy atom. The number of likely N-dealkylation sites (tertiary alicyclic amines) is 2. The van der Waals surface area contributed by atoms with E-state index in [-0.39, 0.29) is 0 Å². The van der Waals surface area contributed by atoms with E-state index in [0.717, 1.165) is 65.3 Å². The van der Waals surface area contributed by atoms with Gasteiger partial charge in [0.15, 0.2) is 0 Å². The van der Waals surface area contributed by atoms with Crippen molar-refractivity contribution in [2.45, 2.75) is 25.7 Å². The van der Waals surface area contributed by atoms with Crippen LogP contribution in [0.1, 0.15) is 25.7 Å². The van der Waals surface area contributed by atoms with Crippen LogP contribution in [0.2, 0.25) is 0 Å². The standard InChI is InChI=1S/C16H32N2O3/c19-13-15-3-1-5-17(11-15)7-9-21-10-8-18-6-2-4-16(12-18)14-20/h15-16,19-20H,1-14H2. The summed E-state index contributed by atoms with van der Waals surface area (Å²) in [6.07, 6.45) is 4.72. The topological polar surface area (TPSA) is 56.2 Å². The summed E-state index contributed by atoms with van der Waals surface area (Å²) in [6.45, 7) is 8.50. The maximum absolute atomic E-state index is 9.22. The van der Waals surface area contributed by atoms with Gasteiger partial charge in [-0.1, -0.05) is 0 Å². The fraction of sp³-hybridized carbons (Fsp3) is 1.00. The molecule has 0 amide bonds. The number of nitrogens with zero attached hydrogens (tertiary/aromatic N) is 2. The van der Waals surface area contributed by atoms with Gasteiger partial charge in [-0.25, -0.2) is 0 Å². The normalized spacial score (nSPS) is 28.9. The molecule has 0 spiro atoms. The molecule has 2 aliphatic rings. The molecule has 5 heteroatoms. The second-order valence-electron chi connectivity index (χ2n) is 6.60. The van der Waals surface area contributed by atoms with Crippen LogP contribution in [0.4, 0.5) is 0 Å². The van der Waals surface area contributed by atoms with Gasteiger partial charge < -0.3 is 24.7 Å². The molecule has 0 aromatic carbocycles. The largest absolute Gasteiger partial charge is 0.396 e. The van der Waals surface area contributed by atoms with Crippen molar-refractivity contribution in [3.8, 4) is 0 Å². The number of ether oxygens (including phenoxy) is 1. The van der Waals surface area contributed by atoms with Crippen molar-refractivity contribution in [3.05, 3.63) is 0 Å². The fourth-order valence-corrected chi connectivity index (χ4v) is 3.50. The molecular weight excluding hydrogens is 268 g/mol. The minimum atomic E-state index is 0.318. The Kier molecular flexibility index (Phi) is 7.96. The van der Waals surface area contributed by atoms with E-state index in [1.165, 1.54) is 12.8 Å². The van der Waals surface area contributed by atoms with Gasteiger partial charge in [-0.3, -0.25) is 0 Å². The van der Waals surface area contributed by atoms with E-state index >= 15 is 0 Å². The van der Waals surface area contributed by atoms with Crippen LogP contribution in [0, 0.1) is 11.8 Å². The van der Waals surface area contributed by atoms with Crippen molar-refractivity contribution in [1.29, 1.82) is 0 Å². The first kappa shape index (κ1) is 17.2. The van der Waals surface area contributed by atoms with Crippen molar-refractivity contribution in [3.63, 3.8) is 0 Å². The van der Waals surface area contributed by atoms with Gasteiger partial charge in [0.05, 0.1) is 13.2 Å². The summed E-state index contributed by atoms with van der Waals surface area (Å²) in [5.41, 5.74) is 0. The third-order valence-corrected chi connectivity index (χ3v) is 4.83. The van der Waals surface area contributed by atoms with Gasteiger partial charge in [0.25, 0.3) is 0 Å². The predicted octanol–water partition coefficient (Wildman–Crippen LogP) is 0.412. The summed E-state index contributed by atoms with van der Waals surface area (Å²) in [4.78, 5) is 4.82. The number of piperidine rings is 2. The lowest BCUT2D eigenvalue weighted by Crippen LogP contribution is -2.40. The molecule has 2 N–H and O–H groups in total. The van der Waals surface area contributed by atoms with Crippen LogP contribution >= 0.6 is 0 Å². The number of aliphatic hydroxyl groups is 2. The molecule has 0 aliphatic carbocycles. The minimum Gasteiger partial charge on any atom is -0.396 e. The van der Waals surface area contributed by atoms with E-state index < -0.39 is 0 Å². The van der Waals surface area contributed by atoms with Crippen molar-refractivity contribution in [2.75, 3.05) is 65.7 Å². The molecule has 0 bridgehead atoms. The molecule has 2 fully saturated rings. The maximum atomic E-state index is 9.22. The summed E-state index contributed by atoms with van der Waals surface area (Å²) < 4.78 is 5.77. The zero-order valence-corrected chi connectivity index (χ0v) is 13.3. The molecule has 21 heavy (non-hydrogen) atoms. The number of hydrogen-bond acceptors (Lipinski definition) is 5. The Morgan fingerprint density at radius 1 is 0.810 bits per heavy atom. The van der Waals surface area contributed by atoms with Crippen LogP contribution in [0.3, 0.4) is 0 Å². The van der Waals surface area contributed by atoms with Crippen molar-refractivity contribution in [2.24, 2.45) is 11.8 Å². The molecule has 2 atom stereocenters. The van der Waals surface area contributed by atoms with Crippen molar-refractivity contribution >= 4 is 0 Å². The van der Waals surface area contributed by atoms with Crippen LogP contribution < -0.4 is 0 Å². The van der Waals surface area contributed by atoms with Crippen LogP contribution in [-0.4, -0.2) is 85.7 Å². The molecule has 0 saturated carbocycles. The van der Waals surface area contributed by atoms with E-state index in [1.54, 1.807) is 0 Å². The molecule has 0 aromatic heterocycles. The Morgan fingerprint density at radius 2 is 1.29 bits per heavy atom. The van der Waals surface area contributed by atoms with Gasteiger partial charge in [-0.2, -0.15) is 0 Å². The van der Waals surface area contributed by atoms with Gasteiger partial charge in [-0.05, 0) is 50.6 Å². The SMILES string of the molecule is OCC1CCCN(CCOCCN2CCCC(CO)C2)C1. The van der Waals surface area contributed by atoms with E-state index in [2.05, 4.69) is 9.80 Å². The van der Waals surface area contributed by atoms with Crippen LogP contribution in [0.5, 0.6) is 0 Å². The number of hydrogen-bond donors (Lipinski definition) is 2. The van der Waals surface area contributed by atoms with Crippen LogP contribution in [0.25, 0.3) is 0 Å². The molecular formula is C16H32N2O3. The summed E-state index contributed by atoms with van der Waals surface area (Å²) in [5.74, 6) is 0.921. The molecule has 2 aliphatic heterocycles. The van der Waals surface area contributed by atoms with Gasteiger partial charge in [0.2, 0.25) is 0 Å². The highest BCUT2D eigenvalue weighted by atomic mass is 16.5. The summed E-state index contributed by atoms with van der Waals surface area (Å²) in [6, 6.07) is 0. The van der Waals surface area contributed by atoms with Gasteiger partial charge in [-0.15, -0.1) is 0 Å². The zero-order chi connectivity index (χ0) is 14.9. The van der Waals surface area contributed by atoms with E-state index in [1.807, 2.05) is 0 Å². The minimum absolute atomic E-state index is 0.318. The smallest absolute Gasteiger partial charge is 0.0594 e. The van der Waals surface area contributed by atoms with Gasteiger partial charge in [0, 0.05) is 39.4 Å². The number of aliphatic hydroxyl groups excluding tert-OH is 2. The summed E-state index contributed by atoms with van der Waals surface area (Å²) >= 11 is 0. The van der Waals surface area contributed by atoms with Gasteiger partial charge in [0.1, 0.15) is 0 Å². The monoisotopic (exact) mass is 300 g/mol. The molecule has 0 radical (unpaired) electrons. The van der Waals surface area contributed by atoms with Crippen LogP contribution in [0.15, 0.2) is 0 Å². The molecule has 2 unspecified atom stereocenters. The quantitative estimate of drug-likeness (QED) is 0.636. The molecule has 2 rings (SSSR count). The first-order chi connectivity index (χ1) is 10.3. The Hall–Kier alpha value is -0.200. The Labute approximate surface area is 128 Å². The van der Waals surface area contributed by atoms with Crippen molar-refractivity contribution in [1.82, 2.24) is 9.80 Å². The highest BCUT2D eigenvalue weighted by Crippen LogP contribution is 2.16. The molecule has 2 heterocycles. The molecule has 0 aromatic rings. The molecule has 5 nitrogen and oxygen atoms in total.